The first-order valence-corrected chi connectivity index (χ1v) is 20.0. The van der Waals surface area contributed by atoms with Gasteiger partial charge in [0.2, 0.25) is 11.8 Å². The second-order valence-electron chi connectivity index (χ2n) is 14.5. The third kappa shape index (κ3) is 6.74. The lowest BCUT2D eigenvalue weighted by atomic mass is 9.99. The van der Waals surface area contributed by atoms with Gasteiger partial charge in [-0.15, -0.1) is 0 Å². The molecule has 2 bridgehead atoms. The molecule has 6 aliphatic rings. The van der Waals surface area contributed by atoms with E-state index in [2.05, 4.69) is 78.4 Å². The van der Waals surface area contributed by atoms with Gasteiger partial charge in [0.15, 0.2) is 0 Å². The van der Waals surface area contributed by atoms with Gasteiger partial charge in [-0.25, -0.2) is 8.42 Å². The molecule has 15 heteroatoms. The van der Waals surface area contributed by atoms with Crippen molar-refractivity contribution in [2.24, 2.45) is 5.92 Å². The van der Waals surface area contributed by atoms with Gasteiger partial charge in [-0.2, -0.15) is 5.01 Å². The zero-order chi connectivity index (χ0) is 33.7. The second-order valence-corrected chi connectivity index (χ2v) is 16.7. The highest BCUT2D eigenvalue weighted by Crippen LogP contribution is 2.34. The van der Waals surface area contributed by atoms with Crippen molar-refractivity contribution in [2.75, 3.05) is 63.2 Å². The molecule has 5 saturated heterocycles. The molecule has 0 spiro atoms. The van der Waals surface area contributed by atoms with Crippen LogP contribution in [0.25, 0.3) is 10.9 Å². The Hall–Kier alpha value is -3.05. The average Bonchev–Trinajstić information content (AvgIpc) is 3.63. The number of morpholine rings is 1. The molecule has 266 valence electrons. The number of allylic oxidation sites excluding steroid dienone is 1. The van der Waals surface area contributed by atoms with Crippen molar-refractivity contribution < 1.29 is 22.7 Å². The monoisotopic (exact) mass is 695 g/mol. The topological polar surface area (TPSA) is 144 Å². The van der Waals surface area contributed by atoms with E-state index >= 15 is 0 Å². The molecule has 14 nitrogen and oxygen atoms in total. The van der Waals surface area contributed by atoms with E-state index in [-0.39, 0.29) is 61.0 Å². The molecule has 7 heterocycles. The number of amides is 2. The number of fused-ring (bicyclic) bond motifs is 6. The van der Waals surface area contributed by atoms with Crippen molar-refractivity contribution in [3.63, 3.8) is 0 Å². The predicted molar refractivity (Wildman–Crippen MR) is 186 cm³/mol. The van der Waals surface area contributed by atoms with E-state index < -0.39 is 9.84 Å². The molecule has 8 rings (SSSR count). The molecule has 49 heavy (non-hydrogen) atoms. The molecule has 1 aromatic carbocycles. The minimum absolute atomic E-state index is 0.0200. The maximum atomic E-state index is 13.8. The summed E-state index contributed by atoms with van der Waals surface area (Å²) in [6.07, 6.45) is 12.2. The van der Waals surface area contributed by atoms with Crippen molar-refractivity contribution >= 4 is 38.2 Å². The number of benzene rings is 1. The quantitative estimate of drug-likeness (QED) is 0.319. The van der Waals surface area contributed by atoms with E-state index in [0.717, 1.165) is 62.7 Å². The fourth-order valence-corrected chi connectivity index (χ4v) is 9.22. The Morgan fingerprint density at radius 2 is 1.86 bits per heavy atom. The van der Waals surface area contributed by atoms with Crippen LogP contribution in [-0.2, 0) is 24.2 Å². The van der Waals surface area contributed by atoms with Crippen molar-refractivity contribution in [3.05, 3.63) is 42.6 Å². The SMILES string of the molecule is CS(=O)(=O)CCN1CCC(n2ccc3cc(NC4NCC5C(=O)N6C/C=C\CCCN7C(=O)COC8CCC(NC87)N6C5N4)ccc32)CC1. The Morgan fingerprint density at radius 3 is 2.69 bits per heavy atom. The molecule has 4 N–H and O–H groups in total. The van der Waals surface area contributed by atoms with Gasteiger partial charge in [0.25, 0.3) is 0 Å². The summed E-state index contributed by atoms with van der Waals surface area (Å²) in [4.78, 5) is 30.9. The predicted octanol–water partition coefficient (Wildman–Crippen LogP) is 0.826. The van der Waals surface area contributed by atoms with E-state index in [9.17, 15) is 18.0 Å². The van der Waals surface area contributed by atoms with Gasteiger partial charge in [-0.3, -0.25) is 30.5 Å². The smallest absolute Gasteiger partial charge is 0.249 e. The lowest BCUT2D eigenvalue weighted by molar-refractivity contribution is -0.176. The first-order chi connectivity index (χ1) is 23.7. The number of nitrogens with zero attached hydrogens (tertiary/aromatic N) is 5. The average molecular weight is 696 g/mol. The standard InChI is InChI=1S/C34H49N9O5S/c1-49(46,47)19-18-39-15-11-25(12-16-39)40-17-10-23-20-24(6-7-27(23)40)36-34-35-21-26-31(38-34)43-29-9-8-28-32(37-29)41(30(44)22-48-28)13-4-2-3-5-14-42(43)33(26)45/h3,5-7,10,17,20,25-26,28-29,31-32,34-38H,2,4,8-9,11-16,18-19,21-22H2,1H3/b5-3-. The van der Waals surface area contributed by atoms with Crippen LogP contribution >= 0.6 is 0 Å². The molecular formula is C34H49N9O5S. The Labute approximate surface area is 288 Å². The number of carbonyl (C=O) groups is 2. The van der Waals surface area contributed by atoms with E-state index in [1.807, 2.05) is 9.91 Å². The van der Waals surface area contributed by atoms with Gasteiger partial charge in [0, 0.05) is 67.8 Å². The molecule has 5 fully saturated rings. The van der Waals surface area contributed by atoms with Crippen LogP contribution in [0.2, 0.25) is 0 Å². The number of piperidine rings is 2. The summed E-state index contributed by atoms with van der Waals surface area (Å²) in [7, 11) is -2.95. The van der Waals surface area contributed by atoms with Crippen LogP contribution in [0.3, 0.4) is 0 Å². The Balaban J connectivity index is 0.955. The summed E-state index contributed by atoms with van der Waals surface area (Å²) in [5.74, 6) is 0.0909. The van der Waals surface area contributed by atoms with Crippen molar-refractivity contribution in [3.8, 4) is 0 Å². The van der Waals surface area contributed by atoms with Crippen molar-refractivity contribution in [1.82, 2.24) is 40.3 Å². The fourth-order valence-electron chi connectivity index (χ4n) is 8.63. The van der Waals surface area contributed by atoms with Crippen LogP contribution in [0.1, 0.15) is 44.6 Å². The zero-order valence-electron chi connectivity index (χ0n) is 28.2. The van der Waals surface area contributed by atoms with Gasteiger partial charge in [0.05, 0.1) is 36.7 Å². The number of carbonyl (C=O) groups excluding carboxylic acids is 2. The zero-order valence-corrected chi connectivity index (χ0v) is 29.0. The second kappa shape index (κ2) is 13.6. The Morgan fingerprint density at radius 1 is 1.00 bits per heavy atom. The summed E-state index contributed by atoms with van der Waals surface area (Å²) in [6, 6.07) is 9.01. The number of likely N-dealkylation sites (tertiary alicyclic amines) is 1. The highest BCUT2D eigenvalue weighted by molar-refractivity contribution is 7.90. The van der Waals surface area contributed by atoms with Crippen LogP contribution in [0.5, 0.6) is 0 Å². The third-order valence-electron chi connectivity index (χ3n) is 11.2. The van der Waals surface area contributed by atoms with E-state index in [1.165, 1.54) is 11.8 Å². The highest BCUT2D eigenvalue weighted by Gasteiger charge is 2.53. The van der Waals surface area contributed by atoms with Crippen LogP contribution < -0.4 is 21.3 Å². The van der Waals surface area contributed by atoms with Gasteiger partial charge in [-0.1, -0.05) is 12.2 Å². The molecule has 1 aromatic heterocycles. The summed E-state index contributed by atoms with van der Waals surface area (Å²) < 4.78 is 31.5. The number of aromatic nitrogens is 1. The molecule has 6 atom stereocenters. The summed E-state index contributed by atoms with van der Waals surface area (Å²) >= 11 is 0. The highest BCUT2D eigenvalue weighted by atomic mass is 32.2. The number of nitrogens with one attached hydrogen (secondary N) is 4. The molecule has 0 saturated carbocycles. The van der Waals surface area contributed by atoms with Crippen LogP contribution in [-0.4, -0.2) is 133 Å². The van der Waals surface area contributed by atoms with Gasteiger partial charge < -0.3 is 24.4 Å². The lowest BCUT2D eigenvalue weighted by Crippen LogP contribution is -2.72. The molecule has 6 unspecified atom stereocenters. The number of rotatable bonds is 6. The maximum Gasteiger partial charge on any atom is 0.249 e. The fraction of sp³-hybridized carbons (Fsp3) is 0.647. The first-order valence-electron chi connectivity index (χ1n) is 17.9. The molecule has 0 aliphatic carbocycles. The minimum Gasteiger partial charge on any atom is -0.365 e. The number of sulfone groups is 1. The Kier molecular flexibility index (Phi) is 9.18. The van der Waals surface area contributed by atoms with E-state index in [0.29, 0.717) is 32.2 Å². The number of hydrogen-bond donors (Lipinski definition) is 4. The Bertz CT molecular complexity index is 1690. The maximum absolute atomic E-state index is 13.8. The van der Waals surface area contributed by atoms with Crippen LogP contribution in [0, 0.1) is 5.92 Å². The van der Waals surface area contributed by atoms with Crippen LogP contribution in [0.4, 0.5) is 5.69 Å². The minimum atomic E-state index is -2.95. The molecule has 2 amide bonds. The van der Waals surface area contributed by atoms with E-state index in [4.69, 9.17) is 4.74 Å². The summed E-state index contributed by atoms with van der Waals surface area (Å²) in [6.45, 7) is 4.28. The third-order valence-corrected chi connectivity index (χ3v) is 12.1. The van der Waals surface area contributed by atoms with Crippen molar-refractivity contribution in [2.45, 2.75) is 75.5 Å². The number of ether oxygens (including phenoxy) is 1. The lowest BCUT2D eigenvalue weighted by Gasteiger charge is -2.50. The van der Waals surface area contributed by atoms with Crippen molar-refractivity contribution in [1.29, 1.82) is 0 Å². The number of hydrogen-bond acceptors (Lipinski definition) is 11. The van der Waals surface area contributed by atoms with Crippen LogP contribution in [0.15, 0.2) is 42.6 Å². The van der Waals surface area contributed by atoms with Gasteiger partial charge >= 0.3 is 0 Å². The molecule has 2 aromatic rings. The molecule has 0 radical (unpaired) electrons. The molecule has 6 aliphatic heterocycles. The number of hydrazine groups is 1. The first kappa shape index (κ1) is 33.1. The number of anilines is 1. The summed E-state index contributed by atoms with van der Waals surface area (Å²) in [5.41, 5.74) is 2.17. The largest absolute Gasteiger partial charge is 0.365 e. The summed E-state index contributed by atoms with van der Waals surface area (Å²) in [5, 5.41) is 19.8. The van der Waals surface area contributed by atoms with E-state index in [1.54, 1.807) is 0 Å². The molecular weight excluding hydrogens is 646 g/mol. The van der Waals surface area contributed by atoms with Gasteiger partial charge in [-0.05, 0) is 62.8 Å². The normalized spacial score (nSPS) is 32.8. The van der Waals surface area contributed by atoms with Gasteiger partial charge in [0.1, 0.15) is 28.9 Å².